The van der Waals surface area contributed by atoms with Crippen LogP contribution in [-0.2, 0) is 0 Å². The van der Waals surface area contributed by atoms with Gasteiger partial charge in [0.15, 0.2) is 5.75 Å². The van der Waals surface area contributed by atoms with E-state index in [1.807, 2.05) is 0 Å². The van der Waals surface area contributed by atoms with Gasteiger partial charge in [-0.25, -0.2) is 4.39 Å². The van der Waals surface area contributed by atoms with E-state index in [4.69, 9.17) is 38.9 Å². The summed E-state index contributed by atoms with van der Waals surface area (Å²) in [7, 11) is 0. The molecule has 3 nitrogen and oxygen atoms in total. The highest BCUT2D eigenvalue weighted by molar-refractivity contribution is 6.42. The summed E-state index contributed by atoms with van der Waals surface area (Å²) in [5.41, 5.74) is 5.93. The van der Waals surface area contributed by atoms with Crippen LogP contribution in [0.25, 0.3) is 0 Å². The maximum Gasteiger partial charge on any atom is 0.151 e. The number of ether oxygens (including phenoxy) is 1. The first-order chi connectivity index (χ1) is 9.01. The van der Waals surface area contributed by atoms with Gasteiger partial charge in [-0.3, -0.25) is 0 Å². The van der Waals surface area contributed by atoms with Crippen LogP contribution in [0.4, 0.5) is 10.1 Å². The zero-order valence-electron chi connectivity index (χ0n) is 9.45. The van der Waals surface area contributed by atoms with E-state index in [-0.39, 0.29) is 27.8 Å². The molecule has 2 N–H and O–H groups in total. The van der Waals surface area contributed by atoms with Crippen LogP contribution in [0.1, 0.15) is 5.56 Å². The number of halogens is 3. The number of benzene rings is 2. The Morgan fingerprint density at radius 2 is 1.84 bits per heavy atom. The van der Waals surface area contributed by atoms with E-state index in [9.17, 15) is 4.39 Å². The van der Waals surface area contributed by atoms with Gasteiger partial charge < -0.3 is 10.5 Å². The minimum absolute atomic E-state index is 0.0607. The molecule has 0 aliphatic carbocycles. The van der Waals surface area contributed by atoms with E-state index in [2.05, 4.69) is 0 Å². The van der Waals surface area contributed by atoms with Crippen molar-refractivity contribution in [2.45, 2.75) is 0 Å². The molecule has 0 amide bonds. The van der Waals surface area contributed by atoms with Crippen molar-refractivity contribution >= 4 is 28.9 Å². The van der Waals surface area contributed by atoms with Crippen LogP contribution in [0.2, 0.25) is 10.0 Å². The number of hydrogen-bond donors (Lipinski definition) is 1. The zero-order valence-corrected chi connectivity index (χ0v) is 11.0. The monoisotopic (exact) mass is 296 g/mol. The number of nitriles is 1. The predicted octanol–water partition coefficient (Wildman–Crippen LogP) is 4.38. The SMILES string of the molecule is N#Cc1ccc(Oc2cc(Cl)c(Cl)cc2N)cc1F. The molecule has 0 unspecified atom stereocenters. The molecule has 2 rings (SSSR count). The fraction of sp³-hybridized carbons (Fsp3) is 0. The molecule has 0 atom stereocenters. The van der Waals surface area contributed by atoms with Crippen molar-refractivity contribution in [3.8, 4) is 17.6 Å². The Bertz CT molecular complexity index is 683. The molecule has 2 aromatic rings. The smallest absolute Gasteiger partial charge is 0.151 e. The minimum atomic E-state index is -0.668. The van der Waals surface area contributed by atoms with Crippen LogP contribution in [0.15, 0.2) is 30.3 Å². The summed E-state index contributed by atoms with van der Waals surface area (Å²) >= 11 is 11.6. The molecule has 0 spiro atoms. The minimum Gasteiger partial charge on any atom is -0.455 e. The quantitative estimate of drug-likeness (QED) is 0.837. The third-order valence-corrected chi connectivity index (χ3v) is 3.06. The van der Waals surface area contributed by atoms with Crippen LogP contribution in [0.5, 0.6) is 11.5 Å². The lowest BCUT2D eigenvalue weighted by molar-refractivity contribution is 0.479. The van der Waals surface area contributed by atoms with Crippen molar-refractivity contribution in [3.05, 3.63) is 51.8 Å². The van der Waals surface area contributed by atoms with Gasteiger partial charge in [-0.15, -0.1) is 0 Å². The second kappa shape index (κ2) is 5.35. The number of nitrogens with two attached hydrogens (primary N) is 1. The normalized spacial score (nSPS) is 10.0. The molecule has 0 aromatic heterocycles. The predicted molar refractivity (Wildman–Crippen MR) is 72.1 cm³/mol. The topological polar surface area (TPSA) is 59.0 Å². The Morgan fingerprint density at radius 1 is 1.16 bits per heavy atom. The van der Waals surface area contributed by atoms with E-state index in [1.54, 1.807) is 6.07 Å². The van der Waals surface area contributed by atoms with Crippen molar-refractivity contribution in [1.29, 1.82) is 5.26 Å². The fourth-order valence-corrected chi connectivity index (χ4v) is 1.74. The lowest BCUT2D eigenvalue weighted by atomic mass is 10.2. The van der Waals surface area contributed by atoms with E-state index < -0.39 is 5.82 Å². The number of anilines is 1. The number of hydrogen-bond acceptors (Lipinski definition) is 3. The largest absolute Gasteiger partial charge is 0.455 e. The van der Waals surface area contributed by atoms with Gasteiger partial charge in [0.25, 0.3) is 0 Å². The number of rotatable bonds is 2. The average Bonchev–Trinajstić information content (AvgIpc) is 2.36. The Balaban J connectivity index is 2.34. The molecule has 0 fully saturated rings. The molecular weight excluding hydrogens is 290 g/mol. The van der Waals surface area contributed by atoms with Gasteiger partial charge >= 0.3 is 0 Å². The molecule has 2 aromatic carbocycles. The summed E-state index contributed by atoms with van der Waals surface area (Å²) in [6, 6.07) is 8.48. The molecule has 6 heteroatoms. The Kier molecular flexibility index (Phi) is 3.79. The lowest BCUT2D eigenvalue weighted by Gasteiger charge is -2.10. The Morgan fingerprint density at radius 3 is 2.47 bits per heavy atom. The molecule has 0 aliphatic rings. The summed E-state index contributed by atoms with van der Waals surface area (Å²) in [5, 5.41) is 9.21. The van der Waals surface area contributed by atoms with Gasteiger partial charge in [0, 0.05) is 12.1 Å². The van der Waals surface area contributed by atoms with Crippen molar-refractivity contribution in [2.24, 2.45) is 0 Å². The number of nitrogen functional groups attached to an aromatic ring is 1. The third-order valence-electron chi connectivity index (χ3n) is 2.34. The van der Waals surface area contributed by atoms with Gasteiger partial charge in [0.1, 0.15) is 17.6 Å². The van der Waals surface area contributed by atoms with Gasteiger partial charge in [-0.2, -0.15) is 5.26 Å². The zero-order chi connectivity index (χ0) is 14.0. The van der Waals surface area contributed by atoms with E-state index in [1.165, 1.54) is 24.3 Å². The van der Waals surface area contributed by atoms with Crippen LogP contribution in [0.3, 0.4) is 0 Å². The molecule has 0 bridgehead atoms. The first-order valence-electron chi connectivity index (χ1n) is 5.13. The average molecular weight is 297 g/mol. The highest BCUT2D eigenvalue weighted by atomic mass is 35.5. The van der Waals surface area contributed by atoms with Gasteiger partial charge in [-0.1, -0.05) is 23.2 Å². The Labute approximate surface area is 118 Å². The Hall–Kier alpha value is -1.96. The van der Waals surface area contributed by atoms with Crippen LogP contribution in [0, 0.1) is 17.1 Å². The molecule has 0 radical (unpaired) electrons. The van der Waals surface area contributed by atoms with Crippen LogP contribution < -0.4 is 10.5 Å². The van der Waals surface area contributed by atoms with Crippen molar-refractivity contribution in [3.63, 3.8) is 0 Å². The summed E-state index contributed by atoms with van der Waals surface area (Å²) in [4.78, 5) is 0. The van der Waals surface area contributed by atoms with Gasteiger partial charge in [0.05, 0.1) is 21.3 Å². The van der Waals surface area contributed by atoms with Crippen LogP contribution in [-0.4, -0.2) is 0 Å². The van der Waals surface area contributed by atoms with Gasteiger partial charge in [-0.05, 0) is 18.2 Å². The molecule has 0 saturated heterocycles. The van der Waals surface area contributed by atoms with E-state index >= 15 is 0 Å². The maximum absolute atomic E-state index is 13.4. The highest BCUT2D eigenvalue weighted by Crippen LogP contribution is 2.35. The van der Waals surface area contributed by atoms with Crippen LogP contribution >= 0.6 is 23.2 Å². The molecule has 0 heterocycles. The second-order valence-corrected chi connectivity index (χ2v) is 4.47. The molecule has 96 valence electrons. The maximum atomic E-state index is 13.4. The van der Waals surface area contributed by atoms with E-state index in [0.717, 1.165) is 6.07 Å². The molecule has 0 saturated carbocycles. The summed E-state index contributed by atoms with van der Waals surface area (Å²) in [6.07, 6.45) is 0. The summed E-state index contributed by atoms with van der Waals surface area (Å²) in [5.74, 6) is -0.196. The first kappa shape index (κ1) is 13.5. The lowest BCUT2D eigenvalue weighted by Crippen LogP contribution is -1.93. The molecular formula is C13H7Cl2FN2O. The first-order valence-corrected chi connectivity index (χ1v) is 5.89. The summed E-state index contributed by atoms with van der Waals surface area (Å²) in [6.45, 7) is 0. The fourth-order valence-electron chi connectivity index (χ4n) is 1.41. The second-order valence-electron chi connectivity index (χ2n) is 3.66. The van der Waals surface area contributed by atoms with Crippen molar-refractivity contribution < 1.29 is 9.13 Å². The van der Waals surface area contributed by atoms with Crippen molar-refractivity contribution in [1.82, 2.24) is 0 Å². The summed E-state index contributed by atoms with van der Waals surface area (Å²) < 4.78 is 18.8. The molecule has 19 heavy (non-hydrogen) atoms. The van der Waals surface area contributed by atoms with Gasteiger partial charge in [0.2, 0.25) is 0 Å². The highest BCUT2D eigenvalue weighted by Gasteiger charge is 2.09. The molecule has 0 aliphatic heterocycles. The van der Waals surface area contributed by atoms with Crippen molar-refractivity contribution in [2.75, 3.05) is 5.73 Å². The standard InChI is InChI=1S/C13H7Cl2FN2O/c14-9-4-12(18)13(5-10(9)15)19-8-2-1-7(6-17)11(16)3-8/h1-5H,18H2. The number of nitrogens with zero attached hydrogens (tertiary/aromatic N) is 1. The third kappa shape index (κ3) is 2.90. The van der Waals surface area contributed by atoms with E-state index in [0.29, 0.717) is 5.02 Å².